The van der Waals surface area contributed by atoms with Crippen molar-refractivity contribution in [1.82, 2.24) is 9.55 Å². The van der Waals surface area contributed by atoms with Crippen molar-refractivity contribution < 1.29 is 13.2 Å². The van der Waals surface area contributed by atoms with Crippen molar-refractivity contribution in [3.8, 4) is 0 Å². The van der Waals surface area contributed by atoms with Crippen LogP contribution in [0.5, 0.6) is 0 Å². The van der Waals surface area contributed by atoms with Gasteiger partial charge in [-0.3, -0.25) is 0 Å². The standard InChI is InChI=1S/C12H11F3N2/c1-9-6-17(8-16-9)7-10-3-2-4-11(5-10)12(13,14)15/h2-6,8H,7H2,1H3. The van der Waals surface area contributed by atoms with Crippen molar-refractivity contribution >= 4 is 0 Å². The van der Waals surface area contributed by atoms with Crippen molar-refractivity contribution in [3.63, 3.8) is 0 Å². The van der Waals surface area contributed by atoms with Gasteiger partial charge in [-0.25, -0.2) is 4.98 Å². The number of benzene rings is 1. The summed E-state index contributed by atoms with van der Waals surface area (Å²) in [6.07, 6.45) is -0.892. The van der Waals surface area contributed by atoms with Crippen molar-refractivity contribution in [2.24, 2.45) is 0 Å². The Bertz CT molecular complexity index is 514. The van der Waals surface area contributed by atoms with E-state index in [0.717, 1.165) is 17.8 Å². The molecule has 0 saturated carbocycles. The van der Waals surface area contributed by atoms with Crippen LogP contribution in [0.25, 0.3) is 0 Å². The van der Waals surface area contributed by atoms with Gasteiger partial charge in [-0.05, 0) is 24.6 Å². The van der Waals surface area contributed by atoms with Gasteiger partial charge < -0.3 is 4.57 Å². The fourth-order valence-electron chi connectivity index (χ4n) is 1.62. The number of aromatic nitrogens is 2. The number of nitrogens with zero attached hydrogens (tertiary/aromatic N) is 2. The van der Waals surface area contributed by atoms with Gasteiger partial charge in [0.25, 0.3) is 0 Å². The van der Waals surface area contributed by atoms with Crippen LogP contribution in [0.3, 0.4) is 0 Å². The molecule has 5 heteroatoms. The van der Waals surface area contributed by atoms with Gasteiger partial charge in [0.15, 0.2) is 0 Å². The molecule has 1 aromatic carbocycles. The number of aryl methyl sites for hydroxylation is 1. The van der Waals surface area contributed by atoms with E-state index in [9.17, 15) is 13.2 Å². The minimum Gasteiger partial charge on any atom is -0.333 e. The fourth-order valence-corrected chi connectivity index (χ4v) is 1.62. The average Bonchev–Trinajstić information content (AvgIpc) is 2.63. The molecule has 0 amide bonds. The second-order valence-electron chi connectivity index (χ2n) is 3.89. The summed E-state index contributed by atoms with van der Waals surface area (Å²) in [4.78, 5) is 4.02. The van der Waals surface area contributed by atoms with E-state index in [1.165, 1.54) is 6.07 Å². The van der Waals surface area contributed by atoms with E-state index in [1.54, 1.807) is 23.2 Å². The molecule has 0 N–H and O–H groups in total. The monoisotopic (exact) mass is 240 g/mol. The second kappa shape index (κ2) is 4.24. The molecule has 0 bridgehead atoms. The maximum atomic E-state index is 12.5. The van der Waals surface area contributed by atoms with Crippen LogP contribution in [0.4, 0.5) is 13.2 Å². The molecule has 0 saturated heterocycles. The molecule has 0 unspecified atom stereocenters. The molecule has 0 aliphatic rings. The third-order valence-electron chi connectivity index (χ3n) is 2.38. The SMILES string of the molecule is Cc1cn(Cc2cccc(C(F)(F)F)c2)cn1. The first-order chi connectivity index (χ1) is 7.95. The summed E-state index contributed by atoms with van der Waals surface area (Å²) in [5.41, 5.74) is 0.834. The quantitative estimate of drug-likeness (QED) is 0.787. The van der Waals surface area contributed by atoms with Crippen LogP contribution in [0.15, 0.2) is 36.8 Å². The largest absolute Gasteiger partial charge is 0.416 e. The van der Waals surface area contributed by atoms with Crippen molar-refractivity contribution in [2.45, 2.75) is 19.6 Å². The summed E-state index contributed by atoms with van der Waals surface area (Å²) in [6.45, 7) is 2.23. The highest BCUT2D eigenvalue weighted by Gasteiger charge is 2.30. The van der Waals surface area contributed by atoms with Crippen LogP contribution < -0.4 is 0 Å². The second-order valence-corrected chi connectivity index (χ2v) is 3.89. The van der Waals surface area contributed by atoms with Crippen LogP contribution in [0.1, 0.15) is 16.8 Å². The highest BCUT2D eigenvalue weighted by molar-refractivity contribution is 5.25. The summed E-state index contributed by atoms with van der Waals surface area (Å²) in [7, 11) is 0. The summed E-state index contributed by atoms with van der Waals surface area (Å²) in [6, 6.07) is 5.32. The third-order valence-corrected chi connectivity index (χ3v) is 2.38. The molecule has 0 spiro atoms. The Morgan fingerprint density at radius 3 is 2.65 bits per heavy atom. The van der Waals surface area contributed by atoms with Crippen molar-refractivity contribution in [1.29, 1.82) is 0 Å². The Labute approximate surface area is 96.7 Å². The minimum absolute atomic E-state index is 0.394. The number of imidazole rings is 1. The van der Waals surface area contributed by atoms with Crippen molar-refractivity contribution in [2.75, 3.05) is 0 Å². The van der Waals surface area contributed by atoms with Crippen LogP contribution >= 0.6 is 0 Å². The molecule has 0 atom stereocenters. The minimum atomic E-state index is -4.29. The average molecular weight is 240 g/mol. The zero-order valence-electron chi connectivity index (χ0n) is 9.20. The molecule has 0 fully saturated rings. The lowest BCUT2D eigenvalue weighted by Crippen LogP contribution is -2.06. The lowest BCUT2D eigenvalue weighted by Gasteiger charge is -2.08. The number of rotatable bonds is 2. The topological polar surface area (TPSA) is 17.8 Å². The highest BCUT2D eigenvalue weighted by Crippen LogP contribution is 2.29. The highest BCUT2D eigenvalue weighted by atomic mass is 19.4. The van der Waals surface area contributed by atoms with Gasteiger partial charge in [-0.15, -0.1) is 0 Å². The predicted molar refractivity (Wildman–Crippen MR) is 57.5 cm³/mol. The maximum absolute atomic E-state index is 12.5. The van der Waals surface area contributed by atoms with Gasteiger partial charge >= 0.3 is 6.18 Å². The molecule has 0 aliphatic heterocycles. The molecular weight excluding hydrogens is 229 g/mol. The molecule has 0 radical (unpaired) electrons. The lowest BCUT2D eigenvalue weighted by molar-refractivity contribution is -0.137. The summed E-state index contributed by atoms with van der Waals surface area (Å²) in [5, 5.41) is 0. The van der Waals surface area contributed by atoms with E-state index in [-0.39, 0.29) is 0 Å². The smallest absolute Gasteiger partial charge is 0.333 e. The summed E-state index contributed by atoms with van der Waals surface area (Å²) < 4.78 is 39.2. The first-order valence-corrected chi connectivity index (χ1v) is 5.09. The summed E-state index contributed by atoms with van der Waals surface area (Å²) in [5.74, 6) is 0. The van der Waals surface area contributed by atoms with Crippen LogP contribution in [-0.4, -0.2) is 9.55 Å². The van der Waals surface area contributed by atoms with E-state index < -0.39 is 11.7 Å². The molecule has 17 heavy (non-hydrogen) atoms. The molecule has 1 aromatic heterocycles. The molecule has 0 aliphatic carbocycles. The van der Waals surface area contributed by atoms with E-state index in [0.29, 0.717) is 12.1 Å². The Kier molecular flexibility index (Phi) is 2.92. The zero-order valence-corrected chi connectivity index (χ0v) is 9.20. The van der Waals surface area contributed by atoms with Crippen LogP contribution in [-0.2, 0) is 12.7 Å². The molecule has 1 heterocycles. The number of hydrogen-bond acceptors (Lipinski definition) is 1. The molecule has 2 aromatic rings. The number of halogens is 3. The van der Waals surface area contributed by atoms with Gasteiger partial charge in [0, 0.05) is 12.7 Å². The first kappa shape index (κ1) is 11.7. The molecule has 2 rings (SSSR count). The van der Waals surface area contributed by atoms with E-state index in [4.69, 9.17) is 0 Å². The van der Waals surface area contributed by atoms with Gasteiger partial charge in [0.05, 0.1) is 17.6 Å². The Morgan fingerprint density at radius 1 is 1.29 bits per heavy atom. The fraction of sp³-hybridized carbons (Fsp3) is 0.250. The van der Waals surface area contributed by atoms with Gasteiger partial charge in [0.1, 0.15) is 0 Å². The van der Waals surface area contributed by atoms with Gasteiger partial charge in [0.2, 0.25) is 0 Å². The lowest BCUT2D eigenvalue weighted by atomic mass is 10.1. The summed E-state index contributed by atoms with van der Waals surface area (Å²) >= 11 is 0. The Balaban J connectivity index is 2.22. The number of hydrogen-bond donors (Lipinski definition) is 0. The van der Waals surface area contributed by atoms with E-state index in [2.05, 4.69) is 4.98 Å². The molecular formula is C12H11F3N2. The van der Waals surface area contributed by atoms with Crippen LogP contribution in [0.2, 0.25) is 0 Å². The normalized spacial score (nSPS) is 11.8. The van der Waals surface area contributed by atoms with E-state index in [1.807, 2.05) is 6.92 Å². The molecule has 90 valence electrons. The third kappa shape index (κ3) is 2.87. The Hall–Kier alpha value is -1.78. The van der Waals surface area contributed by atoms with Crippen LogP contribution in [0, 0.1) is 6.92 Å². The zero-order chi connectivity index (χ0) is 12.5. The van der Waals surface area contributed by atoms with E-state index >= 15 is 0 Å². The molecule has 2 nitrogen and oxygen atoms in total. The predicted octanol–water partition coefficient (Wildman–Crippen LogP) is 3.26. The maximum Gasteiger partial charge on any atom is 0.416 e. The van der Waals surface area contributed by atoms with Crippen molar-refractivity contribution in [3.05, 3.63) is 53.6 Å². The number of alkyl halides is 3. The first-order valence-electron chi connectivity index (χ1n) is 5.09. The Morgan fingerprint density at radius 2 is 2.06 bits per heavy atom. The van der Waals surface area contributed by atoms with Gasteiger partial charge in [-0.2, -0.15) is 13.2 Å². The van der Waals surface area contributed by atoms with Gasteiger partial charge in [-0.1, -0.05) is 12.1 Å².